The highest BCUT2D eigenvalue weighted by atomic mass is 35.5. The fourth-order valence-corrected chi connectivity index (χ4v) is 6.13. The van der Waals surface area contributed by atoms with Crippen molar-refractivity contribution in [2.24, 2.45) is 18.4 Å². The molecule has 2 aromatic carbocycles. The van der Waals surface area contributed by atoms with Crippen molar-refractivity contribution in [2.45, 2.75) is 85.0 Å². The zero-order valence-corrected chi connectivity index (χ0v) is 29.0. The first-order valence-electron chi connectivity index (χ1n) is 15.8. The largest absolute Gasteiger partial charge is 0.391 e. The number of hydrogen-bond acceptors (Lipinski definition) is 5. The lowest BCUT2D eigenvalue weighted by atomic mass is 9.95. The van der Waals surface area contributed by atoms with Crippen LogP contribution in [0.5, 0.6) is 0 Å². The van der Waals surface area contributed by atoms with Gasteiger partial charge in [0.15, 0.2) is 0 Å². The Morgan fingerprint density at radius 1 is 1.06 bits per heavy atom. The zero-order chi connectivity index (χ0) is 35.6. The summed E-state index contributed by atoms with van der Waals surface area (Å²) in [6, 6.07) is 6.09. The van der Waals surface area contributed by atoms with Crippen LogP contribution in [-0.4, -0.2) is 53.1 Å². The molecule has 1 saturated heterocycles. The minimum Gasteiger partial charge on any atom is -0.371 e. The number of rotatable bonds is 11. The van der Waals surface area contributed by atoms with Gasteiger partial charge in [-0.3, -0.25) is 9.59 Å². The van der Waals surface area contributed by atoms with Gasteiger partial charge in [0.1, 0.15) is 0 Å². The summed E-state index contributed by atoms with van der Waals surface area (Å²) in [7, 11) is 1.73. The summed E-state index contributed by atoms with van der Waals surface area (Å²) in [6.07, 6.45) is -6.96. The van der Waals surface area contributed by atoms with Crippen LogP contribution in [0.1, 0.15) is 75.7 Å². The topological polar surface area (TPSA) is 91.3 Å². The predicted octanol–water partition coefficient (Wildman–Crippen LogP) is 8.62. The standard InChI is InChI=1S/C33H41Cl2F5N6O2/c1-6-20(8-10-26(36)37)42-29(47)21-15-23-25(16-24(21)46-13-11-19(12-14-46)33(38,39)40)45(5)31(43-23)44-28-22(34)9-7-18(27(28)35)17-41-30(48)32(2,3)4/h7,9,15-16,19-20,26H,6,8,10-14,17H2,1-5H3,(H,41,48)(H,42,47)(H,43,44). The molecular formula is C33H41Cl2F5N6O2. The number of piperidine rings is 1. The number of imidazole rings is 1. The van der Waals surface area contributed by atoms with E-state index in [1.807, 2.05) is 0 Å². The lowest BCUT2D eigenvalue weighted by molar-refractivity contribution is -0.179. The quantitative estimate of drug-likeness (QED) is 0.173. The number of halogens is 7. The van der Waals surface area contributed by atoms with E-state index in [1.54, 1.807) is 68.5 Å². The van der Waals surface area contributed by atoms with Crippen LogP contribution >= 0.6 is 23.2 Å². The molecule has 1 unspecified atom stereocenters. The monoisotopic (exact) mass is 718 g/mol. The molecule has 48 heavy (non-hydrogen) atoms. The maximum Gasteiger partial charge on any atom is 0.391 e. The highest BCUT2D eigenvalue weighted by Gasteiger charge is 2.41. The lowest BCUT2D eigenvalue weighted by Gasteiger charge is -2.35. The zero-order valence-electron chi connectivity index (χ0n) is 27.5. The second kappa shape index (κ2) is 15.1. The number of aromatic nitrogens is 2. The van der Waals surface area contributed by atoms with E-state index in [9.17, 15) is 31.5 Å². The van der Waals surface area contributed by atoms with E-state index in [1.165, 1.54) is 0 Å². The molecule has 1 aliphatic heterocycles. The first kappa shape index (κ1) is 37.5. The van der Waals surface area contributed by atoms with E-state index in [2.05, 4.69) is 20.9 Å². The Balaban J connectivity index is 1.70. The fraction of sp³-hybridized carbons (Fsp3) is 0.545. The van der Waals surface area contributed by atoms with Gasteiger partial charge in [-0.1, -0.05) is 57.0 Å². The number of benzene rings is 2. The van der Waals surface area contributed by atoms with Gasteiger partial charge in [0.2, 0.25) is 18.3 Å². The maximum absolute atomic E-state index is 13.7. The number of nitrogens with one attached hydrogen (secondary N) is 3. The van der Waals surface area contributed by atoms with E-state index in [4.69, 9.17) is 23.2 Å². The van der Waals surface area contributed by atoms with Crippen molar-refractivity contribution >= 4 is 63.4 Å². The number of hydrogen-bond donors (Lipinski definition) is 3. The van der Waals surface area contributed by atoms with Crippen LogP contribution in [0.15, 0.2) is 24.3 Å². The SMILES string of the molecule is CCC(CCC(F)F)NC(=O)c1cc2nc(Nc3c(Cl)ccc(CNC(=O)C(C)(C)C)c3Cl)n(C)c2cc1N1CCC(C(F)(F)F)CC1. The van der Waals surface area contributed by atoms with Crippen LogP contribution < -0.4 is 20.9 Å². The normalized spacial score (nSPS) is 15.2. The molecule has 1 atom stereocenters. The summed E-state index contributed by atoms with van der Waals surface area (Å²) in [5.74, 6) is -1.81. The number of alkyl halides is 5. The summed E-state index contributed by atoms with van der Waals surface area (Å²) >= 11 is 13.3. The number of nitrogens with zero attached hydrogens (tertiary/aromatic N) is 3. The number of fused-ring (bicyclic) bond motifs is 1. The number of carbonyl (C=O) groups is 2. The Morgan fingerprint density at radius 2 is 1.73 bits per heavy atom. The fourth-order valence-electron chi connectivity index (χ4n) is 5.60. The van der Waals surface area contributed by atoms with Gasteiger partial charge < -0.3 is 25.4 Å². The number of anilines is 3. The molecular weight excluding hydrogens is 678 g/mol. The van der Waals surface area contributed by atoms with Crippen molar-refractivity contribution in [1.29, 1.82) is 0 Å². The molecule has 0 radical (unpaired) electrons. The molecule has 0 saturated carbocycles. The third-order valence-corrected chi connectivity index (χ3v) is 9.38. The van der Waals surface area contributed by atoms with Gasteiger partial charge in [-0.2, -0.15) is 13.2 Å². The predicted molar refractivity (Wildman–Crippen MR) is 180 cm³/mol. The highest BCUT2D eigenvalue weighted by molar-refractivity contribution is 6.39. The van der Waals surface area contributed by atoms with Gasteiger partial charge in [-0.25, -0.2) is 13.8 Å². The van der Waals surface area contributed by atoms with E-state index < -0.39 is 35.9 Å². The number of carbonyl (C=O) groups excluding carboxylic acids is 2. The molecule has 1 fully saturated rings. The first-order chi connectivity index (χ1) is 22.4. The molecule has 1 aliphatic rings. The Kier molecular flexibility index (Phi) is 11.8. The van der Waals surface area contributed by atoms with Crippen molar-refractivity contribution in [2.75, 3.05) is 23.3 Å². The van der Waals surface area contributed by atoms with Gasteiger partial charge in [0.05, 0.1) is 43.9 Å². The third-order valence-electron chi connectivity index (χ3n) is 8.63. The molecule has 2 heterocycles. The Bertz CT molecular complexity index is 1630. The van der Waals surface area contributed by atoms with E-state index in [0.717, 1.165) is 0 Å². The average Bonchev–Trinajstić information content (AvgIpc) is 3.32. The Morgan fingerprint density at radius 3 is 2.31 bits per heavy atom. The van der Waals surface area contributed by atoms with E-state index >= 15 is 0 Å². The number of aryl methyl sites for hydroxylation is 1. The van der Waals surface area contributed by atoms with Crippen molar-refractivity contribution in [1.82, 2.24) is 20.2 Å². The molecule has 264 valence electrons. The molecule has 3 aromatic rings. The number of amides is 2. The average molecular weight is 720 g/mol. The van der Waals surface area contributed by atoms with Gasteiger partial charge >= 0.3 is 6.18 Å². The minimum absolute atomic E-state index is 0.0747. The lowest BCUT2D eigenvalue weighted by Crippen LogP contribution is -2.41. The second-order valence-electron chi connectivity index (χ2n) is 13.2. The van der Waals surface area contributed by atoms with Crippen molar-refractivity contribution in [3.63, 3.8) is 0 Å². The van der Waals surface area contributed by atoms with Gasteiger partial charge in [0, 0.05) is 44.6 Å². The summed E-state index contributed by atoms with van der Waals surface area (Å²) < 4.78 is 67.9. The summed E-state index contributed by atoms with van der Waals surface area (Å²) in [5, 5.41) is 9.42. The van der Waals surface area contributed by atoms with E-state index in [0.29, 0.717) is 45.4 Å². The van der Waals surface area contributed by atoms with E-state index in [-0.39, 0.29) is 61.8 Å². The molecule has 8 nitrogen and oxygen atoms in total. The molecule has 1 aromatic heterocycles. The van der Waals surface area contributed by atoms with Crippen LogP contribution in [0, 0.1) is 11.3 Å². The molecule has 0 aliphatic carbocycles. The van der Waals surface area contributed by atoms with Crippen molar-refractivity contribution < 1.29 is 31.5 Å². The third kappa shape index (κ3) is 8.82. The molecule has 15 heteroatoms. The van der Waals surface area contributed by atoms with Crippen LogP contribution in [0.25, 0.3) is 11.0 Å². The summed E-state index contributed by atoms with van der Waals surface area (Å²) in [4.78, 5) is 32.5. The molecule has 4 rings (SSSR count). The van der Waals surface area contributed by atoms with Crippen LogP contribution in [0.3, 0.4) is 0 Å². The summed E-state index contributed by atoms with van der Waals surface area (Å²) in [6.45, 7) is 7.48. The van der Waals surface area contributed by atoms with Crippen LogP contribution in [0.2, 0.25) is 10.0 Å². The molecule has 3 N–H and O–H groups in total. The van der Waals surface area contributed by atoms with Gasteiger partial charge in [-0.05, 0) is 49.4 Å². The van der Waals surface area contributed by atoms with Crippen LogP contribution in [0.4, 0.5) is 39.3 Å². The molecule has 0 spiro atoms. The Hall–Kier alpha value is -3.32. The van der Waals surface area contributed by atoms with Crippen LogP contribution in [-0.2, 0) is 18.4 Å². The first-order valence-corrected chi connectivity index (χ1v) is 16.6. The maximum atomic E-state index is 13.7. The molecule has 2 amide bonds. The van der Waals surface area contributed by atoms with Crippen molar-refractivity contribution in [3.8, 4) is 0 Å². The molecule has 0 bridgehead atoms. The van der Waals surface area contributed by atoms with Crippen molar-refractivity contribution in [3.05, 3.63) is 45.4 Å². The highest BCUT2D eigenvalue weighted by Crippen LogP contribution is 2.39. The minimum atomic E-state index is -4.31. The smallest absolute Gasteiger partial charge is 0.371 e. The Labute approximate surface area is 286 Å². The van der Waals surface area contributed by atoms with Gasteiger partial charge in [-0.15, -0.1) is 0 Å². The second-order valence-corrected chi connectivity index (χ2v) is 13.9. The summed E-state index contributed by atoms with van der Waals surface area (Å²) in [5.41, 5.74) is 1.94. The van der Waals surface area contributed by atoms with Gasteiger partial charge in [0.25, 0.3) is 5.91 Å².